The third-order valence-electron chi connectivity index (χ3n) is 6.86. The summed E-state index contributed by atoms with van der Waals surface area (Å²) in [5.74, 6) is 0.708. The lowest BCUT2D eigenvalue weighted by atomic mass is 9.77. The number of hydrogen-bond acceptors (Lipinski definition) is 3. The van der Waals surface area contributed by atoms with Crippen LogP contribution in [-0.2, 0) is 5.54 Å². The molecule has 4 heteroatoms. The Morgan fingerprint density at radius 1 is 0.541 bits per heavy atom. The van der Waals surface area contributed by atoms with Crippen molar-refractivity contribution in [3.05, 3.63) is 162 Å². The van der Waals surface area contributed by atoms with Gasteiger partial charge < -0.3 is 0 Å². The van der Waals surface area contributed by atoms with E-state index in [1.807, 2.05) is 28.9 Å². The summed E-state index contributed by atoms with van der Waals surface area (Å²) in [5.41, 5.74) is 6.79. The maximum Gasteiger partial charge on any atom is 0.184 e. The predicted molar refractivity (Wildman–Crippen MR) is 148 cm³/mol. The van der Waals surface area contributed by atoms with Crippen LogP contribution < -0.4 is 0 Å². The van der Waals surface area contributed by atoms with Gasteiger partial charge in [-0.2, -0.15) is 0 Å². The molecule has 4 nitrogen and oxygen atoms in total. The smallest absolute Gasteiger partial charge is 0.184 e. The number of benzene rings is 5. The number of hydrogen-bond donors (Lipinski definition) is 0. The molecule has 178 valence electrons. The van der Waals surface area contributed by atoms with E-state index in [1.165, 1.54) is 0 Å². The summed E-state index contributed by atoms with van der Waals surface area (Å²) in [5, 5.41) is 13.6. The van der Waals surface area contributed by atoms with Crippen molar-refractivity contribution in [1.29, 1.82) is 0 Å². The number of tetrazole rings is 1. The zero-order valence-electron chi connectivity index (χ0n) is 20.6. The Labute approximate surface area is 216 Å². The third kappa shape index (κ3) is 3.93. The van der Waals surface area contributed by atoms with Crippen LogP contribution in [-0.4, -0.2) is 20.2 Å². The summed E-state index contributed by atoms with van der Waals surface area (Å²) in [6.45, 7) is 2.10. The lowest BCUT2D eigenvalue weighted by Crippen LogP contribution is -2.39. The molecular formula is C33H26N4. The molecule has 1 aromatic heterocycles. The zero-order valence-corrected chi connectivity index (χ0v) is 20.6. The van der Waals surface area contributed by atoms with E-state index in [9.17, 15) is 0 Å². The second-order valence-electron chi connectivity index (χ2n) is 9.14. The SMILES string of the molecule is Cc1ccc(-c2ccccc2)c(-c2nnnn2C(c2ccccc2)(c2ccccc2)c2ccccc2)c1. The first-order valence-corrected chi connectivity index (χ1v) is 12.4. The van der Waals surface area contributed by atoms with Crippen molar-refractivity contribution in [2.75, 3.05) is 0 Å². The molecule has 0 spiro atoms. The number of aromatic nitrogens is 4. The van der Waals surface area contributed by atoms with Crippen LogP contribution in [0.15, 0.2) is 140 Å². The summed E-state index contributed by atoms with van der Waals surface area (Å²) in [4.78, 5) is 0. The van der Waals surface area contributed by atoms with Crippen LogP contribution in [0.3, 0.4) is 0 Å². The van der Waals surface area contributed by atoms with Crippen LogP contribution in [0.1, 0.15) is 22.3 Å². The average molecular weight is 479 g/mol. The molecule has 0 bridgehead atoms. The zero-order chi connectivity index (χ0) is 25.1. The first-order valence-electron chi connectivity index (χ1n) is 12.4. The van der Waals surface area contributed by atoms with Gasteiger partial charge in [0.05, 0.1) is 0 Å². The van der Waals surface area contributed by atoms with Gasteiger partial charge in [0.2, 0.25) is 0 Å². The highest BCUT2D eigenvalue weighted by Gasteiger charge is 2.42. The molecule has 0 radical (unpaired) electrons. The van der Waals surface area contributed by atoms with E-state index in [1.54, 1.807) is 0 Å². The largest absolute Gasteiger partial charge is 0.205 e. The van der Waals surface area contributed by atoms with E-state index >= 15 is 0 Å². The molecular weight excluding hydrogens is 452 g/mol. The molecule has 0 saturated carbocycles. The third-order valence-corrected chi connectivity index (χ3v) is 6.86. The molecule has 0 aliphatic heterocycles. The molecule has 0 aliphatic rings. The summed E-state index contributed by atoms with van der Waals surface area (Å²) < 4.78 is 1.99. The van der Waals surface area contributed by atoms with E-state index < -0.39 is 5.54 Å². The quantitative estimate of drug-likeness (QED) is 0.239. The Balaban J connectivity index is 1.72. The standard InChI is InChI=1S/C33H26N4/c1-25-22-23-30(26-14-6-2-7-15-26)31(24-25)32-34-35-36-37(32)33(27-16-8-3-9-17-27,28-18-10-4-11-19-28)29-20-12-5-13-21-29/h2-24H,1H3. The van der Waals surface area contributed by atoms with Crippen molar-refractivity contribution in [1.82, 2.24) is 20.2 Å². The topological polar surface area (TPSA) is 43.6 Å². The van der Waals surface area contributed by atoms with E-state index in [4.69, 9.17) is 5.21 Å². The first kappa shape index (κ1) is 22.6. The molecule has 0 unspecified atom stereocenters. The molecule has 0 amide bonds. The minimum atomic E-state index is -0.791. The van der Waals surface area contributed by atoms with Gasteiger partial charge in [0, 0.05) is 5.56 Å². The van der Waals surface area contributed by atoms with Gasteiger partial charge in [-0.1, -0.05) is 139 Å². The highest BCUT2D eigenvalue weighted by atomic mass is 15.6. The molecule has 0 saturated heterocycles. The fourth-order valence-electron chi connectivity index (χ4n) is 5.20. The summed E-state index contributed by atoms with van der Waals surface area (Å²) in [6.07, 6.45) is 0. The van der Waals surface area contributed by atoms with Gasteiger partial charge in [0.15, 0.2) is 5.82 Å². The van der Waals surface area contributed by atoms with Crippen molar-refractivity contribution in [2.24, 2.45) is 0 Å². The molecule has 1 heterocycles. The van der Waals surface area contributed by atoms with Gasteiger partial charge in [0.1, 0.15) is 5.54 Å². The van der Waals surface area contributed by atoms with E-state index in [0.29, 0.717) is 5.82 Å². The van der Waals surface area contributed by atoms with Crippen LogP contribution in [0.4, 0.5) is 0 Å². The van der Waals surface area contributed by atoms with Gasteiger partial charge >= 0.3 is 0 Å². The van der Waals surface area contributed by atoms with Crippen LogP contribution in [0.2, 0.25) is 0 Å². The van der Waals surface area contributed by atoms with Crippen molar-refractivity contribution >= 4 is 0 Å². The lowest BCUT2D eigenvalue weighted by Gasteiger charge is -2.36. The maximum absolute atomic E-state index is 4.71. The second-order valence-corrected chi connectivity index (χ2v) is 9.14. The Bertz CT molecular complexity index is 1510. The monoisotopic (exact) mass is 478 g/mol. The normalized spacial score (nSPS) is 11.4. The van der Waals surface area contributed by atoms with Gasteiger partial charge in [0.25, 0.3) is 0 Å². The highest BCUT2D eigenvalue weighted by molar-refractivity contribution is 5.81. The second kappa shape index (κ2) is 9.67. The molecule has 0 fully saturated rings. The van der Waals surface area contributed by atoms with E-state index in [0.717, 1.165) is 38.9 Å². The van der Waals surface area contributed by atoms with Crippen LogP contribution in [0.25, 0.3) is 22.5 Å². The van der Waals surface area contributed by atoms with Crippen molar-refractivity contribution < 1.29 is 0 Å². The van der Waals surface area contributed by atoms with Gasteiger partial charge in [-0.05, 0) is 51.2 Å². The van der Waals surface area contributed by atoms with E-state index in [2.05, 4.69) is 132 Å². The van der Waals surface area contributed by atoms with Gasteiger partial charge in [-0.3, -0.25) is 0 Å². The molecule has 6 rings (SSSR count). The first-order chi connectivity index (χ1) is 18.3. The Hall–Kier alpha value is -4.83. The van der Waals surface area contributed by atoms with Crippen LogP contribution >= 0.6 is 0 Å². The minimum absolute atomic E-state index is 0.708. The number of aryl methyl sites for hydroxylation is 1. The molecule has 0 atom stereocenters. The summed E-state index contributed by atoms with van der Waals surface area (Å²) in [7, 11) is 0. The Morgan fingerprint density at radius 3 is 1.54 bits per heavy atom. The maximum atomic E-state index is 4.71. The van der Waals surface area contributed by atoms with Crippen molar-refractivity contribution in [3.8, 4) is 22.5 Å². The van der Waals surface area contributed by atoms with Crippen molar-refractivity contribution in [2.45, 2.75) is 12.5 Å². The fraction of sp³-hybridized carbons (Fsp3) is 0.0606. The Morgan fingerprint density at radius 2 is 1.03 bits per heavy atom. The number of nitrogens with zero attached hydrogens (tertiary/aromatic N) is 4. The molecule has 0 N–H and O–H groups in total. The number of rotatable bonds is 6. The molecule has 0 aliphatic carbocycles. The van der Waals surface area contributed by atoms with E-state index in [-0.39, 0.29) is 0 Å². The predicted octanol–water partition coefficient (Wildman–Crippen LogP) is 7.16. The Kier molecular flexibility index (Phi) is 5.91. The highest BCUT2D eigenvalue weighted by Crippen LogP contribution is 2.43. The fourth-order valence-corrected chi connectivity index (χ4v) is 5.20. The van der Waals surface area contributed by atoms with Crippen LogP contribution in [0.5, 0.6) is 0 Å². The van der Waals surface area contributed by atoms with Crippen molar-refractivity contribution in [3.63, 3.8) is 0 Å². The van der Waals surface area contributed by atoms with Gasteiger partial charge in [-0.25, -0.2) is 4.68 Å². The minimum Gasteiger partial charge on any atom is -0.205 e. The molecule has 37 heavy (non-hydrogen) atoms. The summed E-state index contributed by atoms with van der Waals surface area (Å²) >= 11 is 0. The average Bonchev–Trinajstić information content (AvgIpc) is 3.46. The lowest BCUT2D eigenvalue weighted by molar-refractivity contribution is 0.451. The van der Waals surface area contributed by atoms with Crippen LogP contribution in [0, 0.1) is 6.92 Å². The van der Waals surface area contributed by atoms with Gasteiger partial charge in [-0.15, -0.1) is 5.10 Å². The molecule has 5 aromatic carbocycles. The molecule has 6 aromatic rings. The summed E-state index contributed by atoms with van der Waals surface area (Å²) in [6, 6.07) is 48.3.